The van der Waals surface area contributed by atoms with Crippen molar-refractivity contribution in [2.75, 3.05) is 0 Å². The molecular weight excluding hydrogens is 310 g/mol. The maximum atomic E-state index is 4.93. The van der Waals surface area contributed by atoms with Crippen LogP contribution in [-0.2, 0) is 0 Å². The van der Waals surface area contributed by atoms with Crippen molar-refractivity contribution < 1.29 is 0 Å². The van der Waals surface area contributed by atoms with Crippen LogP contribution in [-0.4, -0.2) is 4.98 Å². The first-order chi connectivity index (χ1) is 11.8. The van der Waals surface area contributed by atoms with Gasteiger partial charge in [0.1, 0.15) is 0 Å². The van der Waals surface area contributed by atoms with Crippen LogP contribution in [0.3, 0.4) is 0 Å². The van der Waals surface area contributed by atoms with E-state index in [0.29, 0.717) is 0 Å². The number of thiophene rings is 1. The zero-order valence-corrected chi connectivity index (χ0v) is 14.1. The fourth-order valence-electron chi connectivity index (χ4n) is 3.44. The summed E-state index contributed by atoms with van der Waals surface area (Å²) in [5, 5.41) is 3.88. The Kier molecular flexibility index (Phi) is 2.94. The van der Waals surface area contributed by atoms with Crippen molar-refractivity contribution in [2.24, 2.45) is 0 Å². The van der Waals surface area contributed by atoms with Crippen LogP contribution < -0.4 is 0 Å². The number of para-hydroxylation sites is 1. The predicted molar refractivity (Wildman–Crippen MR) is 105 cm³/mol. The van der Waals surface area contributed by atoms with Gasteiger partial charge in [-0.3, -0.25) is 0 Å². The standard InChI is InChI=1S/C22H15NS/c1-14-13-20(23-19-11-4-2-7-15(14)19)18-10-6-9-17-16-8-3-5-12-21(16)24-22(17)18/h2-13H,1H3. The predicted octanol–water partition coefficient (Wildman–Crippen LogP) is 6.58. The molecule has 5 rings (SSSR count). The van der Waals surface area contributed by atoms with E-state index < -0.39 is 0 Å². The summed E-state index contributed by atoms with van der Waals surface area (Å²) in [6, 6.07) is 25.7. The zero-order chi connectivity index (χ0) is 16.1. The van der Waals surface area contributed by atoms with E-state index in [1.807, 2.05) is 11.3 Å². The minimum atomic E-state index is 1.06. The average molecular weight is 325 g/mol. The van der Waals surface area contributed by atoms with E-state index in [-0.39, 0.29) is 0 Å². The molecular formula is C22H15NS. The van der Waals surface area contributed by atoms with Gasteiger partial charge in [-0.25, -0.2) is 4.98 Å². The Morgan fingerprint density at radius 2 is 1.50 bits per heavy atom. The van der Waals surface area contributed by atoms with E-state index in [9.17, 15) is 0 Å². The van der Waals surface area contributed by atoms with E-state index in [4.69, 9.17) is 4.98 Å². The third-order valence-corrected chi connectivity index (χ3v) is 5.82. The molecule has 0 atom stereocenters. The molecule has 1 nitrogen and oxygen atoms in total. The second-order valence-corrected chi connectivity index (χ2v) is 7.17. The van der Waals surface area contributed by atoms with Crippen LogP contribution in [0.25, 0.3) is 42.3 Å². The molecule has 0 aliphatic carbocycles. The number of aromatic nitrogens is 1. The van der Waals surface area contributed by atoms with Gasteiger partial charge in [-0.15, -0.1) is 11.3 Å². The minimum absolute atomic E-state index is 1.06. The van der Waals surface area contributed by atoms with E-state index in [0.717, 1.165) is 11.2 Å². The largest absolute Gasteiger partial charge is 0.248 e. The molecule has 0 amide bonds. The Morgan fingerprint density at radius 3 is 2.42 bits per heavy atom. The molecule has 0 unspecified atom stereocenters. The molecule has 2 heteroatoms. The van der Waals surface area contributed by atoms with Gasteiger partial charge < -0.3 is 0 Å². The fraction of sp³-hybridized carbons (Fsp3) is 0.0455. The minimum Gasteiger partial charge on any atom is -0.248 e. The molecule has 0 N–H and O–H groups in total. The van der Waals surface area contributed by atoms with Crippen molar-refractivity contribution in [1.82, 2.24) is 4.98 Å². The quantitative estimate of drug-likeness (QED) is 0.339. The smallest absolute Gasteiger partial charge is 0.0726 e. The SMILES string of the molecule is Cc1cc(-c2cccc3c2sc2ccccc23)nc2ccccc12. The van der Waals surface area contributed by atoms with Crippen molar-refractivity contribution >= 4 is 42.4 Å². The third kappa shape index (κ3) is 1.97. The topological polar surface area (TPSA) is 12.9 Å². The molecule has 3 aromatic carbocycles. The lowest BCUT2D eigenvalue weighted by atomic mass is 10.0. The monoisotopic (exact) mass is 325 g/mol. The van der Waals surface area contributed by atoms with Gasteiger partial charge in [0.2, 0.25) is 0 Å². The first-order valence-electron chi connectivity index (χ1n) is 8.08. The normalized spacial score (nSPS) is 11.5. The van der Waals surface area contributed by atoms with Crippen LogP contribution in [0.1, 0.15) is 5.56 Å². The van der Waals surface area contributed by atoms with Gasteiger partial charge in [0.05, 0.1) is 11.2 Å². The molecule has 0 saturated carbocycles. The lowest BCUT2D eigenvalue weighted by Gasteiger charge is -2.07. The van der Waals surface area contributed by atoms with E-state index >= 15 is 0 Å². The number of fused-ring (bicyclic) bond motifs is 4. The van der Waals surface area contributed by atoms with Crippen molar-refractivity contribution in [2.45, 2.75) is 6.92 Å². The third-order valence-electron chi connectivity index (χ3n) is 4.60. The Hall–Kier alpha value is -2.71. The summed E-state index contributed by atoms with van der Waals surface area (Å²) in [5.41, 5.74) is 4.62. The molecule has 0 radical (unpaired) electrons. The van der Waals surface area contributed by atoms with E-state index in [1.165, 1.54) is 36.7 Å². The number of hydrogen-bond donors (Lipinski definition) is 0. The Bertz CT molecular complexity index is 1220. The Labute approximate surface area is 144 Å². The molecule has 114 valence electrons. The molecule has 0 aliphatic heterocycles. The highest BCUT2D eigenvalue weighted by atomic mass is 32.1. The molecule has 0 fully saturated rings. The summed E-state index contributed by atoms with van der Waals surface area (Å²) in [6.07, 6.45) is 0. The van der Waals surface area contributed by atoms with Crippen LogP contribution in [0.4, 0.5) is 0 Å². The summed E-state index contributed by atoms with van der Waals surface area (Å²) >= 11 is 1.85. The fourth-order valence-corrected chi connectivity index (χ4v) is 4.66. The highest BCUT2D eigenvalue weighted by Gasteiger charge is 2.12. The summed E-state index contributed by atoms with van der Waals surface area (Å²) in [4.78, 5) is 4.93. The van der Waals surface area contributed by atoms with Crippen molar-refractivity contribution in [1.29, 1.82) is 0 Å². The molecule has 0 saturated heterocycles. The zero-order valence-electron chi connectivity index (χ0n) is 13.3. The van der Waals surface area contributed by atoms with Gasteiger partial charge in [0.25, 0.3) is 0 Å². The second kappa shape index (κ2) is 5.15. The number of hydrogen-bond acceptors (Lipinski definition) is 2. The second-order valence-electron chi connectivity index (χ2n) is 6.12. The molecule has 0 bridgehead atoms. The highest BCUT2D eigenvalue weighted by molar-refractivity contribution is 7.26. The van der Waals surface area contributed by atoms with E-state index in [2.05, 4.69) is 79.7 Å². The van der Waals surface area contributed by atoms with Crippen LogP contribution in [0.15, 0.2) is 72.8 Å². The van der Waals surface area contributed by atoms with Gasteiger partial charge >= 0.3 is 0 Å². The Morgan fingerprint density at radius 1 is 0.750 bits per heavy atom. The highest BCUT2D eigenvalue weighted by Crippen LogP contribution is 2.39. The average Bonchev–Trinajstić information content (AvgIpc) is 3.00. The molecule has 0 spiro atoms. The molecule has 2 heterocycles. The number of benzene rings is 3. The van der Waals surface area contributed by atoms with Gasteiger partial charge in [-0.05, 0) is 30.7 Å². The summed E-state index contributed by atoms with van der Waals surface area (Å²) < 4.78 is 2.65. The van der Waals surface area contributed by atoms with Crippen LogP contribution in [0.5, 0.6) is 0 Å². The summed E-state index contributed by atoms with van der Waals surface area (Å²) in [5.74, 6) is 0. The molecule has 24 heavy (non-hydrogen) atoms. The lowest BCUT2D eigenvalue weighted by Crippen LogP contribution is -1.88. The van der Waals surface area contributed by atoms with Crippen molar-refractivity contribution in [3.8, 4) is 11.3 Å². The van der Waals surface area contributed by atoms with Gasteiger partial charge in [0.15, 0.2) is 0 Å². The number of rotatable bonds is 1. The molecule has 2 aromatic heterocycles. The summed E-state index contributed by atoms with van der Waals surface area (Å²) in [6.45, 7) is 2.17. The van der Waals surface area contributed by atoms with Crippen molar-refractivity contribution in [3.05, 3.63) is 78.4 Å². The number of nitrogens with zero attached hydrogens (tertiary/aromatic N) is 1. The van der Waals surface area contributed by atoms with Gasteiger partial charge in [-0.1, -0.05) is 54.6 Å². The van der Waals surface area contributed by atoms with Crippen molar-refractivity contribution in [3.63, 3.8) is 0 Å². The Balaban J connectivity index is 1.86. The molecule has 5 aromatic rings. The first-order valence-corrected chi connectivity index (χ1v) is 8.90. The van der Waals surface area contributed by atoms with Gasteiger partial charge in [-0.2, -0.15) is 0 Å². The molecule has 0 aliphatic rings. The maximum absolute atomic E-state index is 4.93. The lowest BCUT2D eigenvalue weighted by molar-refractivity contribution is 1.37. The maximum Gasteiger partial charge on any atom is 0.0726 e. The number of pyridine rings is 1. The van der Waals surface area contributed by atoms with Gasteiger partial charge in [0, 0.05) is 31.1 Å². The number of aryl methyl sites for hydroxylation is 1. The van der Waals surface area contributed by atoms with Crippen LogP contribution in [0.2, 0.25) is 0 Å². The van der Waals surface area contributed by atoms with Crippen LogP contribution >= 0.6 is 11.3 Å². The summed E-state index contributed by atoms with van der Waals surface area (Å²) in [7, 11) is 0. The first kappa shape index (κ1) is 13.7. The van der Waals surface area contributed by atoms with E-state index in [1.54, 1.807) is 0 Å². The van der Waals surface area contributed by atoms with Crippen LogP contribution in [0, 0.1) is 6.92 Å².